The van der Waals surface area contributed by atoms with Crippen molar-refractivity contribution in [1.29, 1.82) is 0 Å². The highest BCUT2D eigenvalue weighted by molar-refractivity contribution is 5.82. The fourth-order valence-corrected chi connectivity index (χ4v) is 3.62. The molecule has 0 unspecified atom stereocenters. The van der Waals surface area contributed by atoms with Crippen LogP contribution in [0.3, 0.4) is 0 Å². The molecule has 0 atom stereocenters. The normalized spacial score (nSPS) is 12.2. The van der Waals surface area contributed by atoms with Gasteiger partial charge in [-0.25, -0.2) is 0 Å². The fraction of sp³-hybridized carbons (Fsp3) is 0.462. The summed E-state index contributed by atoms with van der Waals surface area (Å²) in [5.74, 6) is 1.22. The number of phenolic OH excluding ortho intramolecular Hbond substituents is 1. The Morgan fingerprint density at radius 1 is 0.862 bits per heavy atom. The van der Waals surface area contributed by atoms with E-state index in [1.54, 1.807) is 12.1 Å². The van der Waals surface area contributed by atoms with E-state index >= 15 is 0 Å². The lowest BCUT2D eigenvalue weighted by Crippen LogP contribution is -2.27. The average Bonchev–Trinajstić information content (AvgIpc) is 2.76. The van der Waals surface area contributed by atoms with Crippen LogP contribution in [0, 0.1) is 0 Å². The molecule has 0 amide bonds. The first kappa shape index (κ1) is 23.0. The van der Waals surface area contributed by atoms with Crippen LogP contribution in [0.4, 0.5) is 0 Å². The van der Waals surface area contributed by atoms with Crippen LogP contribution in [-0.2, 0) is 0 Å². The van der Waals surface area contributed by atoms with Gasteiger partial charge in [-0.1, -0.05) is 64.0 Å². The summed E-state index contributed by atoms with van der Waals surface area (Å²) in [6.07, 6.45) is 4.51. The third-order valence-electron chi connectivity index (χ3n) is 5.48. The predicted molar refractivity (Wildman–Crippen MR) is 124 cm³/mol. The molecular formula is C26H37NO2. The minimum absolute atomic E-state index is 0.302. The zero-order chi connectivity index (χ0) is 21.1. The summed E-state index contributed by atoms with van der Waals surface area (Å²) < 4.78 is 5.96. The minimum Gasteiger partial charge on any atom is -0.508 e. The number of phenols is 1. The molecule has 0 spiro atoms. The van der Waals surface area contributed by atoms with E-state index in [4.69, 9.17) is 4.74 Å². The fourth-order valence-electron chi connectivity index (χ4n) is 3.62. The van der Waals surface area contributed by atoms with Crippen molar-refractivity contribution < 1.29 is 9.84 Å². The van der Waals surface area contributed by atoms with E-state index in [-0.39, 0.29) is 0 Å². The van der Waals surface area contributed by atoms with E-state index in [2.05, 4.69) is 56.9 Å². The Balaban J connectivity index is 2.24. The van der Waals surface area contributed by atoms with Crippen molar-refractivity contribution in [3.8, 4) is 11.5 Å². The Labute approximate surface area is 177 Å². The second-order valence-corrected chi connectivity index (χ2v) is 7.38. The first-order chi connectivity index (χ1) is 14.1. The third-order valence-corrected chi connectivity index (χ3v) is 5.48. The highest BCUT2D eigenvalue weighted by Gasteiger charge is 2.12. The zero-order valence-electron chi connectivity index (χ0n) is 18.6. The number of benzene rings is 2. The van der Waals surface area contributed by atoms with E-state index in [0.29, 0.717) is 12.4 Å². The van der Waals surface area contributed by atoms with E-state index in [1.165, 1.54) is 29.6 Å². The van der Waals surface area contributed by atoms with Gasteiger partial charge in [0.05, 0.1) is 0 Å². The molecule has 2 rings (SSSR count). The van der Waals surface area contributed by atoms with Crippen molar-refractivity contribution in [2.24, 2.45) is 0 Å². The highest BCUT2D eigenvalue weighted by atomic mass is 16.5. The monoisotopic (exact) mass is 395 g/mol. The number of hydrogen-bond donors (Lipinski definition) is 1. The largest absolute Gasteiger partial charge is 0.508 e. The van der Waals surface area contributed by atoms with Gasteiger partial charge in [0.1, 0.15) is 18.1 Å². The first-order valence-corrected chi connectivity index (χ1v) is 11.1. The molecule has 3 heteroatoms. The van der Waals surface area contributed by atoms with Gasteiger partial charge in [-0.2, -0.15) is 0 Å². The Hall–Kier alpha value is -2.26. The summed E-state index contributed by atoms with van der Waals surface area (Å²) in [7, 11) is 0. The molecule has 0 saturated heterocycles. The molecule has 2 aromatic carbocycles. The molecule has 0 aliphatic carbocycles. The van der Waals surface area contributed by atoms with Gasteiger partial charge in [0.15, 0.2) is 0 Å². The number of ether oxygens (including phenoxy) is 1. The Morgan fingerprint density at radius 3 is 1.97 bits per heavy atom. The Morgan fingerprint density at radius 2 is 1.45 bits per heavy atom. The van der Waals surface area contributed by atoms with Gasteiger partial charge in [0.25, 0.3) is 0 Å². The average molecular weight is 396 g/mol. The molecule has 0 fully saturated rings. The van der Waals surface area contributed by atoms with Crippen molar-refractivity contribution in [2.45, 2.75) is 53.4 Å². The van der Waals surface area contributed by atoms with Gasteiger partial charge < -0.3 is 14.7 Å². The lowest BCUT2D eigenvalue weighted by Gasteiger charge is -2.18. The second-order valence-electron chi connectivity index (χ2n) is 7.38. The van der Waals surface area contributed by atoms with Crippen LogP contribution < -0.4 is 4.74 Å². The SMILES string of the molecule is CCCCC(CC)=C(c1ccc(O)cc1)c1ccc(OCCN(CC)CC)cc1. The van der Waals surface area contributed by atoms with Crippen LogP contribution in [0.1, 0.15) is 64.5 Å². The number of allylic oxidation sites excluding steroid dienone is 1. The molecule has 29 heavy (non-hydrogen) atoms. The maximum Gasteiger partial charge on any atom is 0.119 e. The van der Waals surface area contributed by atoms with Crippen LogP contribution >= 0.6 is 0 Å². The Bertz CT molecular complexity index is 743. The van der Waals surface area contributed by atoms with Gasteiger partial charge >= 0.3 is 0 Å². The lowest BCUT2D eigenvalue weighted by atomic mass is 9.89. The van der Waals surface area contributed by atoms with Crippen LogP contribution in [0.2, 0.25) is 0 Å². The summed E-state index contributed by atoms with van der Waals surface area (Å²) in [5.41, 5.74) is 5.12. The minimum atomic E-state index is 0.302. The van der Waals surface area contributed by atoms with E-state index < -0.39 is 0 Å². The summed E-state index contributed by atoms with van der Waals surface area (Å²) >= 11 is 0. The van der Waals surface area contributed by atoms with Crippen LogP contribution in [0.5, 0.6) is 11.5 Å². The first-order valence-electron chi connectivity index (χ1n) is 11.1. The molecule has 158 valence electrons. The topological polar surface area (TPSA) is 32.7 Å². The standard InChI is InChI=1S/C26H37NO2/c1-5-9-10-21(6-2)26(22-11-15-24(28)16-12-22)23-13-17-25(18-14-23)29-20-19-27(7-3)8-4/h11-18,28H,5-10,19-20H2,1-4H3. The van der Waals surface area contributed by atoms with Crippen LogP contribution in [-0.4, -0.2) is 36.2 Å². The zero-order valence-corrected chi connectivity index (χ0v) is 18.6. The smallest absolute Gasteiger partial charge is 0.119 e. The number of hydrogen-bond acceptors (Lipinski definition) is 3. The van der Waals surface area contributed by atoms with Gasteiger partial charge in [-0.05, 0) is 73.3 Å². The maximum absolute atomic E-state index is 9.70. The maximum atomic E-state index is 9.70. The predicted octanol–water partition coefficient (Wildman–Crippen LogP) is 6.51. The van der Waals surface area contributed by atoms with Crippen LogP contribution in [0.25, 0.3) is 5.57 Å². The van der Waals surface area contributed by atoms with Gasteiger partial charge in [0, 0.05) is 6.54 Å². The molecule has 0 bridgehead atoms. The highest BCUT2D eigenvalue weighted by Crippen LogP contribution is 2.33. The van der Waals surface area contributed by atoms with Crippen molar-refractivity contribution >= 4 is 5.57 Å². The molecule has 0 aliphatic rings. The number of rotatable bonds is 12. The number of aromatic hydroxyl groups is 1. The van der Waals surface area contributed by atoms with Crippen molar-refractivity contribution in [3.63, 3.8) is 0 Å². The number of nitrogens with zero attached hydrogens (tertiary/aromatic N) is 1. The van der Waals surface area contributed by atoms with Gasteiger partial charge in [0.2, 0.25) is 0 Å². The molecule has 0 aromatic heterocycles. The van der Waals surface area contributed by atoms with Crippen molar-refractivity contribution in [1.82, 2.24) is 4.90 Å². The molecule has 0 aliphatic heterocycles. The molecule has 0 heterocycles. The van der Waals surface area contributed by atoms with Crippen molar-refractivity contribution in [2.75, 3.05) is 26.2 Å². The van der Waals surface area contributed by atoms with Crippen molar-refractivity contribution in [3.05, 3.63) is 65.2 Å². The number of unbranched alkanes of at least 4 members (excludes halogenated alkanes) is 1. The molecule has 2 aromatic rings. The van der Waals surface area contributed by atoms with E-state index in [1.807, 2.05) is 12.1 Å². The van der Waals surface area contributed by atoms with Gasteiger partial charge in [-0.3, -0.25) is 0 Å². The molecule has 3 nitrogen and oxygen atoms in total. The molecular weight excluding hydrogens is 358 g/mol. The Kier molecular flexibility index (Phi) is 9.79. The molecule has 0 radical (unpaired) electrons. The van der Waals surface area contributed by atoms with Gasteiger partial charge in [-0.15, -0.1) is 0 Å². The lowest BCUT2D eigenvalue weighted by molar-refractivity contribution is 0.223. The van der Waals surface area contributed by atoms with E-state index in [0.717, 1.165) is 43.8 Å². The number of likely N-dealkylation sites (N-methyl/N-ethyl adjacent to an activating group) is 1. The quantitative estimate of drug-likeness (QED) is 0.444. The third kappa shape index (κ3) is 6.93. The summed E-state index contributed by atoms with van der Waals surface area (Å²) in [6, 6.07) is 16.0. The summed E-state index contributed by atoms with van der Waals surface area (Å²) in [5, 5.41) is 9.70. The summed E-state index contributed by atoms with van der Waals surface area (Å²) in [4.78, 5) is 2.36. The van der Waals surface area contributed by atoms with Crippen LogP contribution in [0.15, 0.2) is 54.1 Å². The molecule has 0 saturated carbocycles. The van der Waals surface area contributed by atoms with E-state index in [9.17, 15) is 5.11 Å². The second kappa shape index (κ2) is 12.3. The molecule has 1 N–H and O–H groups in total. The summed E-state index contributed by atoms with van der Waals surface area (Å²) in [6.45, 7) is 12.6.